The van der Waals surface area contributed by atoms with Gasteiger partial charge in [-0.05, 0) is 90.0 Å². The van der Waals surface area contributed by atoms with Crippen molar-refractivity contribution in [2.45, 2.75) is 80.6 Å². The van der Waals surface area contributed by atoms with E-state index in [1.54, 1.807) is 32.9 Å². The third kappa shape index (κ3) is 1.48. The maximum Gasteiger partial charge on any atom is 0.0173 e. The maximum atomic E-state index is 2.53. The lowest BCUT2D eigenvalue weighted by atomic mass is 9.72. The van der Waals surface area contributed by atoms with Gasteiger partial charge in [-0.1, -0.05) is 50.0 Å². The molecular weight excluding hydrogens is 326 g/mol. The summed E-state index contributed by atoms with van der Waals surface area (Å²) in [5.41, 5.74) is 9.04. The van der Waals surface area contributed by atoms with Gasteiger partial charge < -0.3 is 0 Å². The molecule has 130 valence electrons. The van der Waals surface area contributed by atoms with Crippen LogP contribution in [0, 0.1) is 10.8 Å². The van der Waals surface area contributed by atoms with Gasteiger partial charge in [-0.25, -0.2) is 0 Å². The smallest absolute Gasteiger partial charge is 0.0173 e. The molecule has 0 nitrogen and oxygen atoms in total. The molecule has 4 aliphatic rings. The van der Waals surface area contributed by atoms with Gasteiger partial charge in [0.05, 0.1) is 0 Å². The molecular formula is C22H32P2. The number of rotatable bonds is 1. The standard InChI is InChI=1S/C22H32P2/c1-11-15(5)23-17(7)21(11,9)13(3)19(23)20-14(4)22(10)12(2)16(6)24(20)18(22)8/h17-18H,1-10H3/t17-,18?,21?,22+,23?,24+/m0/s1. The molecule has 24 heavy (non-hydrogen) atoms. The number of hydrogen-bond acceptors (Lipinski definition) is 0. The van der Waals surface area contributed by atoms with Gasteiger partial charge >= 0.3 is 0 Å². The van der Waals surface area contributed by atoms with Gasteiger partial charge in [-0.3, -0.25) is 0 Å². The maximum absolute atomic E-state index is 2.53. The summed E-state index contributed by atoms with van der Waals surface area (Å²) in [6.07, 6.45) is 0. The summed E-state index contributed by atoms with van der Waals surface area (Å²) in [7, 11) is -0.222. The average molecular weight is 358 g/mol. The van der Waals surface area contributed by atoms with Crippen molar-refractivity contribution in [1.82, 2.24) is 0 Å². The molecule has 2 heteroatoms. The van der Waals surface area contributed by atoms with E-state index >= 15 is 0 Å². The Morgan fingerprint density at radius 3 is 1.12 bits per heavy atom. The Labute approximate surface area is 151 Å². The van der Waals surface area contributed by atoms with Crippen molar-refractivity contribution >= 4 is 15.8 Å². The highest BCUT2D eigenvalue weighted by Crippen LogP contribution is 2.86. The Kier molecular flexibility index (Phi) is 3.41. The predicted molar refractivity (Wildman–Crippen MR) is 111 cm³/mol. The van der Waals surface area contributed by atoms with Crippen LogP contribution in [0.15, 0.2) is 43.5 Å². The number of fused-ring (bicyclic) bond motifs is 4. The van der Waals surface area contributed by atoms with Crippen molar-refractivity contribution in [1.29, 1.82) is 0 Å². The first-order valence-electron chi connectivity index (χ1n) is 9.39. The molecule has 0 amide bonds. The number of allylic oxidation sites excluding steroid dienone is 8. The van der Waals surface area contributed by atoms with Crippen LogP contribution in [0.5, 0.6) is 0 Å². The summed E-state index contributed by atoms with van der Waals surface area (Å²) in [6.45, 7) is 24.7. The van der Waals surface area contributed by atoms with E-state index in [0.717, 1.165) is 11.3 Å². The van der Waals surface area contributed by atoms with Crippen LogP contribution >= 0.6 is 15.8 Å². The van der Waals surface area contributed by atoms with Crippen LogP contribution in [0.1, 0.15) is 69.2 Å². The Bertz CT molecular complexity index is 738. The minimum Gasteiger partial charge on any atom is -0.0589 e. The zero-order chi connectivity index (χ0) is 17.9. The second kappa shape index (κ2) is 4.75. The first-order valence-corrected chi connectivity index (χ1v) is 12.2. The minimum absolute atomic E-state index is 0.111. The van der Waals surface area contributed by atoms with Gasteiger partial charge in [0.25, 0.3) is 0 Å². The second-order valence-corrected chi connectivity index (χ2v) is 14.1. The molecule has 4 aliphatic heterocycles. The van der Waals surface area contributed by atoms with E-state index in [1.807, 2.05) is 10.6 Å². The monoisotopic (exact) mass is 358 g/mol. The molecule has 0 aromatic heterocycles. The quantitative estimate of drug-likeness (QED) is 0.417. The second-order valence-electron chi connectivity index (χ2n) is 8.86. The molecule has 0 spiro atoms. The van der Waals surface area contributed by atoms with E-state index in [2.05, 4.69) is 69.2 Å². The van der Waals surface area contributed by atoms with E-state index in [-0.39, 0.29) is 15.8 Å². The molecule has 3 unspecified atom stereocenters. The molecule has 0 radical (unpaired) electrons. The molecule has 0 saturated carbocycles. The Morgan fingerprint density at radius 2 is 0.875 bits per heavy atom. The van der Waals surface area contributed by atoms with Gasteiger partial charge in [-0.2, -0.15) is 0 Å². The molecule has 0 aliphatic carbocycles. The van der Waals surface area contributed by atoms with Crippen molar-refractivity contribution < 1.29 is 0 Å². The first kappa shape index (κ1) is 17.2. The molecule has 4 rings (SSSR count). The normalized spacial score (nSPS) is 47.2. The molecule has 0 N–H and O–H groups in total. The van der Waals surface area contributed by atoms with Crippen LogP contribution in [0.3, 0.4) is 0 Å². The van der Waals surface area contributed by atoms with Crippen molar-refractivity contribution in [3.63, 3.8) is 0 Å². The largest absolute Gasteiger partial charge is 0.0589 e. The first-order chi connectivity index (χ1) is 11.0. The molecule has 4 heterocycles. The molecule has 4 bridgehead atoms. The van der Waals surface area contributed by atoms with Crippen molar-refractivity contribution in [3.05, 3.63) is 43.5 Å². The SMILES string of the molecule is CC1=C(C)C2(C)C(C)=C(C3=C(C)[C@@]4(C)C(C)=C(C)[P@]3C4C)P1[C@H]2C. The van der Waals surface area contributed by atoms with E-state index in [1.165, 1.54) is 0 Å². The van der Waals surface area contributed by atoms with Crippen LogP contribution in [-0.2, 0) is 0 Å². The third-order valence-electron chi connectivity index (χ3n) is 8.79. The summed E-state index contributed by atoms with van der Waals surface area (Å²) < 4.78 is 0. The number of hydrogen-bond donors (Lipinski definition) is 0. The third-order valence-corrected chi connectivity index (χ3v) is 15.7. The predicted octanol–water partition coefficient (Wildman–Crippen LogP) is 7.93. The Morgan fingerprint density at radius 1 is 0.583 bits per heavy atom. The lowest BCUT2D eigenvalue weighted by molar-refractivity contribution is 0.485. The van der Waals surface area contributed by atoms with Crippen molar-refractivity contribution in [2.75, 3.05) is 0 Å². The zero-order valence-corrected chi connectivity index (χ0v) is 18.8. The summed E-state index contributed by atoms with van der Waals surface area (Å²) in [5.74, 6) is 0. The van der Waals surface area contributed by atoms with Crippen LogP contribution in [-0.4, -0.2) is 11.3 Å². The average Bonchev–Trinajstić information content (AvgIpc) is 3.00. The van der Waals surface area contributed by atoms with Crippen molar-refractivity contribution in [3.8, 4) is 0 Å². The van der Waals surface area contributed by atoms with Gasteiger partial charge in [-0.15, -0.1) is 0 Å². The summed E-state index contributed by atoms with van der Waals surface area (Å²) in [6, 6.07) is 0. The van der Waals surface area contributed by atoms with E-state index in [4.69, 9.17) is 0 Å². The highest BCUT2D eigenvalue weighted by atomic mass is 31.1. The fraction of sp³-hybridized carbons (Fsp3) is 0.636. The van der Waals surface area contributed by atoms with Crippen LogP contribution in [0.2, 0.25) is 0 Å². The highest BCUT2D eigenvalue weighted by Gasteiger charge is 2.60. The molecule has 6 atom stereocenters. The highest BCUT2D eigenvalue weighted by molar-refractivity contribution is 7.73. The fourth-order valence-corrected chi connectivity index (χ4v) is 14.4. The summed E-state index contributed by atoms with van der Waals surface area (Å²) >= 11 is 0. The van der Waals surface area contributed by atoms with Gasteiger partial charge in [0.2, 0.25) is 0 Å². The van der Waals surface area contributed by atoms with Gasteiger partial charge in [0, 0.05) is 10.8 Å². The fourth-order valence-electron chi connectivity index (χ4n) is 6.19. The van der Waals surface area contributed by atoms with Gasteiger partial charge in [0.15, 0.2) is 0 Å². The molecule has 0 aromatic carbocycles. The zero-order valence-electron chi connectivity index (χ0n) is 17.0. The Balaban J connectivity index is 1.95. The van der Waals surface area contributed by atoms with Crippen LogP contribution in [0.25, 0.3) is 0 Å². The van der Waals surface area contributed by atoms with E-state index in [9.17, 15) is 0 Å². The van der Waals surface area contributed by atoms with Crippen LogP contribution < -0.4 is 0 Å². The minimum atomic E-state index is -0.111. The molecule has 0 aromatic rings. The lowest BCUT2D eigenvalue weighted by Crippen LogP contribution is -2.24. The van der Waals surface area contributed by atoms with Crippen LogP contribution in [0.4, 0.5) is 0 Å². The molecule has 0 fully saturated rings. The van der Waals surface area contributed by atoms with E-state index < -0.39 is 0 Å². The van der Waals surface area contributed by atoms with Gasteiger partial charge in [0.1, 0.15) is 0 Å². The molecule has 0 saturated heterocycles. The Hall–Kier alpha value is -0.180. The topological polar surface area (TPSA) is 0 Å². The summed E-state index contributed by atoms with van der Waals surface area (Å²) in [5, 5.41) is 7.12. The summed E-state index contributed by atoms with van der Waals surface area (Å²) in [4.78, 5) is 0. The van der Waals surface area contributed by atoms with E-state index in [0.29, 0.717) is 10.8 Å². The lowest BCUT2D eigenvalue weighted by Gasteiger charge is -2.33. The van der Waals surface area contributed by atoms with Crippen molar-refractivity contribution in [2.24, 2.45) is 10.8 Å².